The van der Waals surface area contributed by atoms with E-state index in [1.54, 1.807) is 19.3 Å². The maximum atomic E-state index is 2.47. The van der Waals surface area contributed by atoms with Gasteiger partial charge in [-0.05, 0) is 50.9 Å². The van der Waals surface area contributed by atoms with Gasteiger partial charge < -0.3 is 4.90 Å². The fourth-order valence-electron chi connectivity index (χ4n) is 5.24. The van der Waals surface area contributed by atoms with Crippen LogP contribution in [0.3, 0.4) is 0 Å². The average Bonchev–Trinajstić information content (AvgIpc) is 2.39. The topological polar surface area (TPSA) is 4.44 Å². The molecular formula is C17H32N+. The van der Waals surface area contributed by atoms with E-state index in [1.165, 1.54) is 58.0 Å². The molecule has 1 nitrogen and oxygen atoms in total. The van der Waals surface area contributed by atoms with E-state index in [0.717, 1.165) is 23.8 Å². The zero-order valence-electron chi connectivity index (χ0n) is 12.3. The summed E-state index contributed by atoms with van der Waals surface area (Å²) < 4.78 is 0. The highest BCUT2D eigenvalue weighted by molar-refractivity contribution is 4.78. The van der Waals surface area contributed by atoms with Gasteiger partial charge in [0.1, 0.15) is 0 Å². The van der Waals surface area contributed by atoms with Crippen molar-refractivity contribution in [1.82, 2.24) is 0 Å². The van der Waals surface area contributed by atoms with Crippen molar-refractivity contribution in [3.63, 3.8) is 0 Å². The summed E-state index contributed by atoms with van der Waals surface area (Å²) >= 11 is 0. The van der Waals surface area contributed by atoms with E-state index in [1.807, 2.05) is 4.90 Å². The van der Waals surface area contributed by atoms with Gasteiger partial charge in [0, 0.05) is 11.8 Å². The Labute approximate surface area is 113 Å². The van der Waals surface area contributed by atoms with Crippen molar-refractivity contribution in [2.24, 2.45) is 17.8 Å². The van der Waals surface area contributed by atoms with Gasteiger partial charge >= 0.3 is 0 Å². The number of quaternary nitrogens is 1. The number of hydrogen-bond donors (Lipinski definition) is 1. The fraction of sp³-hybridized carbons (Fsp3) is 1.00. The summed E-state index contributed by atoms with van der Waals surface area (Å²) in [4.78, 5) is 2.02. The van der Waals surface area contributed by atoms with E-state index in [-0.39, 0.29) is 0 Å². The lowest BCUT2D eigenvalue weighted by molar-refractivity contribution is -0.939. The first kappa shape index (κ1) is 13.0. The predicted octanol–water partition coefficient (Wildman–Crippen LogP) is 3.05. The number of piperidine rings is 1. The molecule has 0 radical (unpaired) electrons. The molecule has 3 fully saturated rings. The van der Waals surface area contributed by atoms with E-state index in [4.69, 9.17) is 0 Å². The molecule has 2 aliphatic carbocycles. The Morgan fingerprint density at radius 2 is 1.72 bits per heavy atom. The summed E-state index contributed by atoms with van der Waals surface area (Å²) in [5, 5.41) is 0. The molecule has 5 unspecified atom stereocenters. The van der Waals surface area contributed by atoms with E-state index in [0.29, 0.717) is 0 Å². The van der Waals surface area contributed by atoms with Crippen LogP contribution in [0, 0.1) is 17.8 Å². The molecule has 104 valence electrons. The Bertz CT molecular complexity index is 260. The minimum Gasteiger partial charge on any atom is -0.332 e. The van der Waals surface area contributed by atoms with Gasteiger partial charge in [-0.3, -0.25) is 0 Å². The minimum atomic E-state index is 1.01. The Kier molecular flexibility index (Phi) is 4.28. The Morgan fingerprint density at radius 1 is 0.889 bits per heavy atom. The van der Waals surface area contributed by atoms with Crippen LogP contribution in [-0.2, 0) is 0 Å². The predicted molar refractivity (Wildman–Crippen MR) is 76.8 cm³/mol. The number of rotatable bonds is 2. The standard InChI is InChI=1S/C17H31N/c1-14-6-4-7-15(12-14)13-18-11-5-9-16-8-2-3-10-17(16)18/h14-17H,2-13H2,1H3/p+1. The van der Waals surface area contributed by atoms with Crippen LogP contribution < -0.4 is 4.90 Å². The lowest BCUT2D eigenvalue weighted by atomic mass is 9.77. The highest BCUT2D eigenvalue weighted by atomic mass is 15.2. The second kappa shape index (κ2) is 5.94. The summed E-state index contributed by atoms with van der Waals surface area (Å²) in [6, 6.07) is 1.06. The van der Waals surface area contributed by atoms with Crippen molar-refractivity contribution in [2.45, 2.75) is 77.2 Å². The second-order valence-electron chi connectivity index (χ2n) is 7.54. The number of likely N-dealkylation sites (tertiary alicyclic amines) is 1. The quantitative estimate of drug-likeness (QED) is 0.768. The molecule has 2 saturated carbocycles. The van der Waals surface area contributed by atoms with Gasteiger partial charge in [0.2, 0.25) is 0 Å². The molecule has 1 heterocycles. The van der Waals surface area contributed by atoms with Crippen molar-refractivity contribution >= 4 is 0 Å². The third-order valence-electron chi connectivity index (χ3n) is 6.10. The molecule has 0 amide bonds. The summed E-state index contributed by atoms with van der Waals surface area (Å²) in [6.45, 7) is 5.48. The normalized spacial score (nSPS) is 45.5. The molecule has 0 aromatic heterocycles. The molecule has 0 aromatic carbocycles. The van der Waals surface area contributed by atoms with Crippen LogP contribution >= 0.6 is 0 Å². The first-order chi connectivity index (χ1) is 8.83. The summed E-state index contributed by atoms with van der Waals surface area (Å²) in [5.74, 6) is 3.17. The third kappa shape index (κ3) is 2.92. The van der Waals surface area contributed by atoms with E-state index < -0.39 is 0 Å². The Hall–Kier alpha value is -0.0400. The van der Waals surface area contributed by atoms with Gasteiger partial charge in [-0.1, -0.05) is 26.2 Å². The fourth-order valence-corrected chi connectivity index (χ4v) is 5.24. The molecule has 1 saturated heterocycles. The van der Waals surface area contributed by atoms with Crippen molar-refractivity contribution < 1.29 is 4.90 Å². The van der Waals surface area contributed by atoms with Crippen LogP contribution in [0.15, 0.2) is 0 Å². The molecule has 1 N–H and O–H groups in total. The van der Waals surface area contributed by atoms with Crippen LogP contribution in [0.4, 0.5) is 0 Å². The van der Waals surface area contributed by atoms with E-state index >= 15 is 0 Å². The van der Waals surface area contributed by atoms with Gasteiger partial charge in [0.15, 0.2) is 0 Å². The zero-order valence-corrected chi connectivity index (χ0v) is 12.3. The van der Waals surface area contributed by atoms with Gasteiger partial charge in [-0.25, -0.2) is 0 Å². The minimum absolute atomic E-state index is 1.01. The average molecular weight is 250 g/mol. The van der Waals surface area contributed by atoms with Gasteiger partial charge in [-0.15, -0.1) is 0 Å². The largest absolute Gasteiger partial charge is 0.332 e. The molecule has 0 bridgehead atoms. The molecular weight excluding hydrogens is 218 g/mol. The first-order valence-corrected chi connectivity index (χ1v) is 8.67. The SMILES string of the molecule is CC1CCCC(C[NH+]2CCCC3CCCCC32)C1. The van der Waals surface area contributed by atoms with Crippen LogP contribution in [0.5, 0.6) is 0 Å². The lowest BCUT2D eigenvalue weighted by Crippen LogP contribution is -3.18. The summed E-state index contributed by atoms with van der Waals surface area (Å²) in [7, 11) is 0. The van der Waals surface area contributed by atoms with Crippen molar-refractivity contribution in [3.8, 4) is 0 Å². The third-order valence-corrected chi connectivity index (χ3v) is 6.10. The van der Waals surface area contributed by atoms with Gasteiger partial charge in [0.25, 0.3) is 0 Å². The van der Waals surface area contributed by atoms with Crippen molar-refractivity contribution in [1.29, 1.82) is 0 Å². The van der Waals surface area contributed by atoms with Crippen LogP contribution in [0.1, 0.15) is 71.1 Å². The molecule has 5 atom stereocenters. The zero-order chi connectivity index (χ0) is 12.4. The molecule has 1 heteroatoms. The molecule has 3 rings (SSSR count). The molecule has 0 spiro atoms. The number of fused-ring (bicyclic) bond motifs is 1. The van der Waals surface area contributed by atoms with Crippen LogP contribution in [0.2, 0.25) is 0 Å². The Morgan fingerprint density at radius 3 is 2.61 bits per heavy atom. The second-order valence-corrected chi connectivity index (χ2v) is 7.54. The summed E-state index contributed by atoms with van der Waals surface area (Å²) in [5.41, 5.74) is 0. The van der Waals surface area contributed by atoms with Crippen molar-refractivity contribution in [2.75, 3.05) is 13.1 Å². The van der Waals surface area contributed by atoms with Crippen LogP contribution in [-0.4, -0.2) is 19.1 Å². The van der Waals surface area contributed by atoms with E-state index in [9.17, 15) is 0 Å². The van der Waals surface area contributed by atoms with Crippen LogP contribution in [0.25, 0.3) is 0 Å². The molecule has 1 aliphatic heterocycles. The number of nitrogens with one attached hydrogen (secondary N) is 1. The maximum absolute atomic E-state index is 2.47. The molecule has 18 heavy (non-hydrogen) atoms. The monoisotopic (exact) mass is 250 g/mol. The maximum Gasteiger partial charge on any atom is 0.0903 e. The first-order valence-electron chi connectivity index (χ1n) is 8.67. The Balaban J connectivity index is 1.57. The highest BCUT2D eigenvalue weighted by Gasteiger charge is 2.37. The number of hydrogen-bond acceptors (Lipinski definition) is 0. The van der Waals surface area contributed by atoms with E-state index in [2.05, 4.69) is 6.92 Å². The van der Waals surface area contributed by atoms with Gasteiger partial charge in [-0.2, -0.15) is 0 Å². The van der Waals surface area contributed by atoms with Crippen molar-refractivity contribution in [3.05, 3.63) is 0 Å². The molecule has 0 aromatic rings. The lowest BCUT2D eigenvalue weighted by Gasteiger charge is -2.43. The van der Waals surface area contributed by atoms with Gasteiger partial charge in [0.05, 0.1) is 19.1 Å². The molecule has 3 aliphatic rings. The smallest absolute Gasteiger partial charge is 0.0903 e. The highest BCUT2D eigenvalue weighted by Crippen LogP contribution is 2.30. The summed E-state index contributed by atoms with van der Waals surface area (Å²) in [6.07, 6.45) is 15.3.